The number of nitrogens with one attached hydrogen (secondary N) is 1. The maximum absolute atomic E-state index is 12.3. The second-order valence-electron chi connectivity index (χ2n) is 6.25. The van der Waals surface area contributed by atoms with Crippen molar-refractivity contribution in [3.8, 4) is 11.1 Å². The first-order valence-corrected chi connectivity index (χ1v) is 10.2. The molecular formula is C20H15BrN2O4S. The molecule has 142 valence electrons. The molecule has 28 heavy (non-hydrogen) atoms. The third-order valence-electron chi connectivity index (χ3n) is 4.59. The Morgan fingerprint density at radius 1 is 1.14 bits per heavy atom. The predicted molar refractivity (Wildman–Crippen MR) is 108 cm³/mol. The fourth-order valence-corrected chi connectivity index (χ4v) is 4.69. The molecule has 1 unspecified atom stereocenters. The number of carboxylic acid groups (broad SMARTS) is 1. The van der Waals surface area contributed by atoms with Gasteiger partial charge in [0.15, 0.2) is 6.04 Å². The molecule has 0 spiro atoms. The number of aromatic nitrogens is 1. The number of ether oxygens (including phenoxy) is 1. The number of rotatable bonds is 5. The van der Waals surface area contributed by atoms with Gasteiger partial charge < -0.3 is 15.2 Å². The Balaban J connectivity index is 1.48. The van der Waals surface area contributed by atoms with E-state index in [0.29, 0.717) is 4.60 Å². The highest BCUT2D eigenvalue weighted by molar-refractivity contribution is 9.10. The topological polar surface area (TPSA) is 88.5 Å². The highest BCUT2D eigenvalue weighted by Gasteiger charge is 2.30. The Morgan fingerprint density at radius 2 is 1.75 bits per heavy atom. The van der Waals surface area contributed by atoms with Gasteiger partial charge in [0, 0.05) is 11.3 Å². The molecule has 4 rings (SSSR count). The maximum atomic E-state index is 12.3. The molecule has 0 fully saturated rings. The van der Waals surface area contributed by atoms with Gasteiger partial charge in [0.2, 0.25) is 0 Å². The lowest BCUT2D eigenvalue weighted by molar-refractivity contribution is -0.139. The van der Waals surface area contributed by atoms with E-state index in [-0.39, 0.29) is 17.5 Å². The van der Waals surface area contributed by atoms with Crippen molar-refractivity contribution < 1.29 is 19.4 Å². The van der Waals surface area contributed by atoms with Crippen molar-refractivity contribution in [3.63, 3.8) is 0 Å². The molecule has 1 atom stereocenters. The number of thiazole rings is 1. The van der Waals surface area contributed by atoms with Crippen LogP contribution in [0.2, 0.25) is 0 Å². The summed E-state index contributed by atoms with van der Waals surface area (Å²) >= 11 is 4.33. The van der Waals surface area contributed by atoms with Crippen molar-refractivity contribution in [2.75, 3.05) is 6.61 Å². The highest BCUT2D eigenvalue weighted by atomic mass is 79.9. The van der Waals surface area contributed by atoms with Crippen LogP contribution in [0.4, 0.5) is 4.79 Å². The van der Waals surface area contributed by atoms with E-state index in [1.165, 1.54) is 0 Å². The maximum Gasteiger partial charge on any atom is 0.408 e. The minimum absolute atomic E-state index is 0.0876. The molecule has 0 saturated heterocycles. The summed E-state index contributed by atoms with van der Waals surface area (Å²) in [4.78, 5) is 27.9. The van der Waals surface area contributed by atoms with Crippen LogP contribution in [0.5, 0.6) is 0 Å². The van der Waals surface area contributed by atoms with E-state index < -0.39 is 18.1 Å². The van der Waals surface area contributed by atoms with Crippen molar-refractivity contribution in [2.24, 2.45) is 0 Å². The van der Waals surface area contributed by atoms with Crippen LogP contribution >= 0.6 is 27.3 Å². The Morgan fingerprint density at radius 3 is 2.29 bits per heavy atom. The third-order valence-corrected chi connectivity index (χ3v) is 6.21. The van der Waals surface area contributed by atoms with Gasteiger partial charge in [-0.15, -0.1) is 11.3 Å². The van der Waals surface area contributed by atoms with Crippen molar-refractivity contribution in [1.29, 1.82) is 0 Å². The first kappa shape index (κ1) is 18.6. The molecule has 6 nitrogen and oxygen atoms in total. The van der Waals surface area contributed by atoms with Gasteiger partial charge in [-0.1, -0.05) is 48.5 Å². The van der Waals surface area contributed by atoms with E-state index in [9.17, 15) is 14.7 Å². The third kappa shape index (κ3) is 3.53. The Bertz CT molecular complexity index is 1010. The van der Waals surface area contributed by atoms with Crippen LogP contribution in [0, 0.1) is 0 Å². The molecule has 2 aromatic carbocycles. The molecule has 0 bridgehead atoms. The van der Waals surface area contributed by atoms with Gasteiger partial charge in [-0.2, -0.15) is 0 Å². The molecule has 0 saturated carbocycles. The van der Waals surface area contributed by atoms with Crippen molar-refractivity contribution >= 4 is 39.3 Å². The van der Waals surface area contributed by atoms with Crippen LogP contribution in [0.25, 0.3) is 11.1 Å². The van der Waals surface area contributed by atoms with E-state index in [4.69, 9.17) is 4.74 Å². The highest BCUT2D eigenvalue weighted by Crippen LogP contribution is 2.44. The molecule has 1 aliphatic carbocycles. The standard InChI is InChI=1S/C20H15BrN2O4S/c21-16-10-28-18(22-16)17(19(24)25)23-20(26)27-9-15-13-7-3-1-5-11(13)12-6-2-4-8-14(12)15/h1-8,10,15,17H,9H2,(H,23,26)(H,24,25). The van der Waals surface area contributed by atoms with Gasteiger partial charge in [-0.05, 0) is 38.2 Å². The molecule has 1 aliphatic rings. The van der Waals surface area contributed by atoms with Crippen LogP contribution in [0.1, 0.15) is 28.1 Å². The summed E-state index contributed by atoms with van der Waals surface area (Å²) in [7, 11) is 0. The van der Waals surface area contributed by atoms with Gasteiger partial charge >= 0.3 is 12.1 Å². The number of alkyl carbamates (subject to hydrolysis) is 1. The lowest BCUT2D eigenvalue weighted by Crippen LogP contribution is -2.34. The molecule has 1 heterocycles. The van der Waals surface area contributed by atoms with Gasteiger partial charge in [0.05, 0.1) is 0 Å². The Labute approximate surface area is 173 Å². The Kier molecular flexibility index (Phi) is 5.15. The smallest absolute Gasteiger partial charge is 0.408 e. The zero-order valence-corrected chi connectivity index (χ0v) is 16.9. The quantitative estimate of drug-likeness (QED) is 0.584. The number of fused-ring (bicyclic) bond motifs is 3. The number of benzene rings is 2. The van der Waals surface area contributed by atoms with E-state index in [1.807, 2.05) is 36.4 Å². The Hall–Kier alpha value is -2.71. The summed E-state index contributed by atoms with van der Waals surface area (Å²) in [6.45, 7) is 0.119. The predicted octanol–water partition coefficient (Wildman–Crippen LogP) is 4.57. The van der Waals surface area contributed by atoms with Crippen molar-refractivity contribution in [2.45, 2.75) is 12.0 Å². The molecular weight excluding hydrogens is 444 g/mol. The first-order valence-electron chi connectivity index (χ1n) is 8.50. The lowest BCUT2D eigenvalue weighted by Gasteiger charge is -2.16. The second kappa shape index (κ2) is 7.73. The number of hydrogen-bond acceptors (Lipinski definition) is 5. The van der Waals surface area contributed by atoms with E-state index in [0.717, 1.165) is 33.6 Å². The molecule has 1 aromatic heterocycles. The van der Waals surface area contributed by atoms with Crippen LogP contribution in [-0.2, 0) is 9.53 Å². The zero-order valence-electron chi connectivity index (χ0n) is 14.5. The van der Waals surface area contributed by atoms with Gasteiger partial charge in [-0.3, -0.25) is 0 Å². The first-order chi connectivity index (χ1) is 13.5. The number of amides is 1. The number of hydrogen-bond donors (Lipinski definition) is 2. The minimum atomic E-state index is -1.26. The average molecular weight is 459 g/mol. The summed E-state index contributed by atoms with van der Waals surface area (Å²) in [5, 5.41) is 13.7. The number of carboxylic acids is 1. The molecule has 1 amide bonds. The van der Waals surface area contributed by atoms with Crippen molar-refractivity contribution in [1.82, 2.24) is 10.3 Å². The van der Waals surface area contributed by atoms with Crippen LogP contribution in [-0.4, -0.2) is 28.8 Å². The minimum Gasteiger partial charge on any atom is -0.479 e. The largest absolute Gasteiger partial charge is 0.479 e. The van der Waals surface area contributed by atoms with Gasteiger partial charge in [0.1, 0.15) is 16.2 Å². The van der Waals surface area contributed by atoms with Crippen molar-refractivity contribution in [3.05, 3.63) is 74.6 Å². The number of carbonyl (C=O) groups is 2. The fraction of sp³-hybridized carbons (Fsp3) is 0.150. The number of halogens is 1. The average Bonchev–Trinajstić information content (AvgIpc) is 3.26. The van der Waals surface area contributed by atoms with E-state index in [1.54, 1.807) is 5.38 Å². The van der Waals surface area contributed by atoms with E-state index in [2.05, 4.69) is 38.4 Å². The summed E-state index contributed by atoms with van der Waals surface area (Å²) in [5.74, 6) is -1.29. The molecule has 0 aliphatic heterocycles. The normalized spacial score (nSPS) is 13.5. The fourth-order valence-electron chi connectivity index (χ4n) is 3.39. The number of nitrogens with zero attached hydrogens (tertiary/aromatic N) is 1. The van der Waals surface area contributed by atoms with E-state index >= 15 is 0 Å². The molecule has 0 radical (unpaired) electrons. The lowest BCUT2D eigenvalue weighted by atomic mass is 9.98. The monoisotopic (exact) mass is 458 g/mol. The van der Waals surface area contributed by atoms with Crippen LogP contribution < -0.4 is 5.32 Å². The SMILES string of the molecule is O=C(NC(C(=O)O)c1nc(Br)cs1)OCC1c2ccccc2-c2ccccc21. The summed E-state index contributed by atoms with van der Waals surface area (Å²) in [5.41, 5.74) is 4.44. The zero-order chi connectivity index (χ0) is 19.7. The summed E-state index contributed by atoms with van der Waals surface area (Å²) in [6, 6.07) is 14.8. The van der Waals surface area contributed by atoms with Crippen LogP contribution in [0.3, 0.4) is 0 Å². The summed E-state index contributed by atoms with van der Waals surface area (Å²) < 4.78 is 5.92. The van der Waals surface area contributed by atoms with Crippen LogP contribution in [0.15, 0.2) is 58.5 Å². The molecule has 2 N–H and O–H groups in total. The van der Waals surface area contributed by atoms with Gasteiger partial charge in [-0.25, -0.2) is 14.6 Å². The number of carbonyl (C=O) groups excluding carboxylic acids is 1. The summed E-state index contributed by atoms with van der Waals surface area (Å²) in [6.07, 6.45) is -0.791. The molecule has 3 aromatic rings. The second-order valence-corrected chi connectivity index (χ2v) is 7.95. The van der Waals surface area contributed by atoms with Gasteiger partial charge in [0.25, 0.3) is 0 Å². The number of aliphatic carboxylic acids is 1. The molecule has 8 heteroatoms.